The van der Waals surface area contributed by atoms with E-state index in [4.69, 9.17) is 15.7 Å². The summed E-state index contributed by atoms with van der Waals surface area (Å²) in [4.78, 5) is 9.74. The lowest BCUT2D eigenvalue weighted by Gasteiger charge is -2.10. The lowest BCUT2D eigenvalue weighted by atomic mass is 10.1. The van der Waals surface area contributed by atoms with E-state index in [0.29, 0.717) is 0 Å². The van der Waals surface area contributed by atoms with Gasteiger partial charge in [-0.15, -0.1) is 0 Å². The van der Waals surface area contributed by atoms with E-state index in [1.54, 1.807) is 0 Å². The number of anilines is 1. The van der Waals surface area contributed by atoms with Crippen molar-refractivity contribution >= 4 is 28.5 Å². The molecule has 0 radical (unpaired) electrons. The van der Waals surface area contributed by atoms with Crippen LogP contribution in [-0.2, 0) is 0 Å². The summed E-state index contributed by atoms with van der Waals surface area (Å²) in [5.41, 5.74) is 11.8. The molecule has 0 aliphatic rings. The van der Waals surface area contributed by atoms with Gasteiger partial charge >= 0.3 is 0 Å². The monoisotopic (exact) mass is 321 g/mol. The molecule has 2 N–H and O–H groups in total. The molecule has 0 amide bonds. The van der Waals surface area contributed by atoms with Crippen molar-refractivity contribution in [2.75, 3.05) is 5.73 Å². The highest BCUT2D eigenvalue weighted by Crippen LogP contribution is 2.19. The molecule has 0 heterocycles. The number of aliphatic imine (C=N–C) groups is 2. The lowest BCUT2D eigenvalue weighted by molar-refractivity contribution is 0.973. The maximum absolute atomic E-state index is 5.77. The van der Waals surface area contributed by atoms with Gasteiger partial charge in [-0.3, -0.25) is 9.98 Å². The van der Waals surface area contributed by atoms with Crippen LogP contribution >= 0.6 is 0 Å². The highest BCUT2D eigenvalue weighted by Gasteiger charge is 2.09. The molecule has 0 spiro atoms. The Bertz CT molecular complexity index is 631. The van der Waals surface area contributed by atoms with E-state index in [2.05, 4.69) is 45.0 Å². The largest absolute Gasteiger partial charge is 0.399 e. The molecule has 24 heavy (non-hydrogen) atoms. The fourth-order valence-electron chi connectivity index (χ4n) is 2.48. The Kier molecular flexibility index (Phi) is 6.74. The molecule has 0 aliphatic carbocycles. The van der Waals surface area contributed by atoms with Crippen molar-refractivity contribution in [3.05, 3.63) is 54.1 Å². The zero-order valence-electron chi connectivity index (χ0n) is 14.9. The van der Waals surface area contributed by atoms with Crippen LogP contribution in [0.1, 0.15) is 45.1 Å². The van der Waals surface area contributed by atoms with Gasteiger partial charge in [0.25, 0.3) is 0 Å². The van der Waals surface area contributed by atoms with E-state index in [1.165, 1.54) is 5.56 Å². The highest BCUT2D eigenvalue weighted by molar-refractivity contribution is 6.43. The van der Waals surface area contributed by atoms with Crippen LogP contribution in [0.3, 0.4) is 0 Å². The van der Waals surface area contributed by atoms with Crippen LogP contribution in [0.25, 0.3) is 0 Å². The van der Waals surface area contributed by atoms with Crippen molar-refractivity contribution in [1.29, 1.82) is 0 Å². The topological polar surface area (TPSA) is 50.7 Å². The second kappa shape index (κ2) is 9.02. The van der Waals surface area contributed by atoms with Gasteiger partial charge in [-0.05, 0) is 56.2 Å². The minimum absolute atomic E-state index is 0.757. The molecule has 0 unspecified atom stereocenters. The minimum atomic E-state index is 0.757. The van der Waals surface area contributed by atoms with Crippen molar-refractivity contribution < 1.29 is 0 Å². The van der Waals surface area contributed by atoms with Gasteiger partial charge < -0.3 is 5.73 Å². The molecule has 0 saturated carbocycles. The van der Waals surface area contributed by atoms with Gasteiger partial charge in [0.05, 0.1) is 22.8 Å². The molecule has 3 nitrogen and oxygen atoms in total. The van der Waals surface area contributed by atoms with Crippen LogP contribution in [0, 0.1) is 6.92 Å². The number of nitrogens with two attached hydrogens (primary N) is 1. The van der Waals surface area contributed by atoms with Crippen molar-refractivity contribution in [3.63, 3.8) is 0 Å². The quantitative estimate of drug-likeness (QED) is 0.492. The summed E-state index contributed by atoms with van der Waals surface area (Å²) >= 11 is 0. The fourth-order valence-corrected chi connectivity index (χ4v) is 2.48. The average Bonchev–Trinajstić information content (AvgIpc) is 2.58. The molecule has 0 fully saturated rings. The van der Waals surface area contributed by atoms with Crippen LogP contribution in [0.15, 0.2) is 58.5 Å². The Hall–Kier alpha value is -2.42. The summed E-state index contributed by atoms with van der Waals surface area (Å²) in [5.74, 6) is 0. The molecule has 0 atom stereocenters. The predicted octanol–water partition coefficient (Wildman–Crippen LogP) is 6.02. The summed E-state index contributed by atoms with van der Waals surface area (Å²) in [5, 5.41) is 0. The summed E-state index contributed by atoms with van der Waals surface area (Å²) in [6, 6.07) is 16.0. The smallest absolute Gasteiger partial charge is 0.0635 e. The number of nitrogen functional groups attached to an aromatic ring is 1. The zero-order chi connectivity index (χ0) is 17.4. The minimum Gasteiger partial charge on any atom is -0.399 e. The van der Waals surface area contributed by atoms with Gasteiger partial charge in [0, 0.05) is 5.69 Å². The Labute approximate surface area is 145 Å². The van der Waals surface area contributed by atoms with E-state index in [1.807, 2.05) is 24.3 Å². The van der Waals surface area contributed by atoms with Gasteiger partial charge in [0.2, 0.25) is 0 Å². The Morgan fingerprint density at radius 2 is 1.17 bits per heavy atom. The van der Waals surface area contributed by atoms with E-state index in [0.717, 1.165) is 54.2 Å². The molecule has 3 heteroatoms. The first-order valence-electron chi connectivity index (χ1n) is 8.70. The van der Waals surface area contributed by atoms with Crippen molar-refractivity contribution in [2.45, 2.75) is 46.5 Å². The molecule has 2 rings (SSSR count). The Morgan fingerprint density at radius 1 is 0.750 bits per heavy atom. The zero-order valence-corrected chi connectivity index (χ0v) is 14.9. The maximum atomic E-state index is 5.77. The molecular weight excluding hydrogens is 294 g/mol. The number of nitrogens with zero attached hydrogens (tertiary/aromatic N) is 2. The van der Waals surface area contributed by atoms with Crippen LogP contribution < -0.4 is 5.73 Å². The first-order valence-corrected chi connectivity index (χ1v) is 8.70. The Balaban J connectivity index is 2.39. The fraction of sp³-hybridized carbons (Fsp3) is 0.333. The average molecular weight is 321 g/mol. The second-order valence-electron chi connectivity index (χ2n) is 6.04. The third kappa shape index (κ3) is 5.34. The SMILES string of the molecule is CCCC(=N\c1ccc(C)cc1)/C(CCC)=N/c1ccc(N)cc1. The molecule has 126 valence electrons. The van der Waals surface area contributed by atoms with Gasteiger partial charge in [0.15, 0.2) is 0 Å². The van der Waals surface area contributed by atoms with Gasteiger partial charge in [-0.25, -0.2) is 0 Å². The lowest BCUT2D eigenvalue weighted by Crippen LogP contribution is -2.13. The standard InChI is InChI=1S/C21H27N3/c1-4-6-20(23-18-12-8-16(3)9-13-18)21(7-5-2)24-19-14-10-17(22)11-15-19/h8-15H,4-7,22H2,1-3H3/b23-20+,24-21+. The van der Waals surface area contributed by atoms with Crippen molar-refractivity contribution in [2.24, 2.45) is 9.98 Å². The van der Waals surface area contributed by atoms with E-state index in [-0.39, 0.29) is 0 Å². The second-order valence-corrected chi connectivity index (χ2v) is 6.04. The summed E-state index contributed by atoms with van der Waals surface area (Å²) in [6.45, 7) is 6.44. The van der Waals surface area contributed by atoms with Crippen molar-refractivity contribution in [3.8, 4) is 0 Å². The summed E-state index contributed by atoms with van der Waals surface area (Å²) in [7, 11) is 0. The van der Waals surface area contributed by atoms with Crippen LogP contribution in [0.2, 0.25) is 0 Å². The molecule has 0 bridgehead atoms. The number of hydrogen-bond acceptors (Lipinski definition) is 3. The third-order valence-corrected chi connectivity index (χ3v) is 3.76. The normalized spacial score (nSPS) is 12.5. The number of rotatable bonds is 7. The van der Waals surface area contributed by atoms with Gasteiger partial charge in [-0.2, -0.15) is 0 Å². The molecule has 0 aromatic heterocycles. The molecular formula is C21H27N3. The predicted molar refractivity (Wildman–Crippen MR) is 106 cm³/mol. The van der Waals surface area contributed by atoms with Gasteiger partial charge in [0.1, 0.15) is 0 Å². The first-order chi connectivity index (χ1) is 11.6. The molecule has 0 aliphatic heterocycles. The highest BCUT2D eigenvalue weighted by atomic mass is 14.8. The number of hydrogen-bond donors (Lipinski definition) is 1. The van der Waals surface area contributed by atoms with Gasteiger partial charge in [-0.1, -0.05) is 44.4 Å². The number of aryl methyl sites for hydroxylation is 1. The Morgan fingerprint density at radius 3 is 1.58 bits per heavy atom. The number of benzene rings is 2. The van der Waals surface area contributed by atoms with E-state index in [9.17, 15) is 0 Å². The van der Waals surface area contributed by atoms with Crippen LogP contribution in [0.5, 0.6) is 0 Å². The van der Waals surface area contributed by atoms with Crippen LogP contribution in [-0.4, -0.2) is 11.4 Å². The molecule has 0 saturated heterocycles. The van der Waals surface area contributed by atoms with E-state index < -0.39 is 0 Å². The molecule has 2 aromatic carbocycles. The van der Waals surface area contributed by atoms with Crippen molar-refractivity contribution in [1.82, 2.24) is 0 Å². The summed E-state index contributed by atoms with van der Waals surface area (Å²) < 4.78 is 0. The molecule has 2 aromatic rings. The van der Waals surface area contributed by atoms with E-state index >= 15 is 0 Å². The maximum Gasteiger partial charge on any atom is 0.0635 e. The first kappa shape index (κ1) is 17.9. The third-order valence-electron chi connectivity index (χ3n) is 3.76. The summed E-state index contributed by atoms with van der Waals surface area (Å²) in [6.07, 6.45) is 3.95. The van der Waals surface area contributed by atoms with Crippen LogP contribution in [0.4, 0.5) is 17.1 Å².